The van der Waals surface area contributed by atoms with Crippen molar-refractivity contribution in [2.75, 3.05) is 16.0 Å². The number of nitrogens with zero attached hydrogens (tertiary/aromatic N) is 1. The van der Waals surface area contributed by atoms with Gasteiger partial charge in [0.25, 0.3) is 0 Å². The number of anilines is 4. The number of hydrogen-bond donors (Lipinski definition) is 3. The lowest BCUT2D eigenvalue weighted by atomic mass is 9.90. The van der Waals surface area contributed by atoms with Gasteiger partial charge in [0.2, 0.25) is 0 Å². The molecule has 1 aromatic heterocycles. The quantitative estimate of drug-likeness (QED) is 0.174. The van der Waals surface area contributed by atoms with Crippen LogP contribution < -0.4 is 16.0 Å². The van der Waals surface area contributed by atoms with Gasteiger partial charge in [-0.05, 0) is 77.4 Å². The number of para-hydroxylation sites is 5. The Morgan fingerprint density at radius 2 is 1.04 bits per heavy atom. The molecule has 0 aliphatic carbocycles. The molecule has 0 fully saturated rings. The molecule has 0 saturated carbocycles. The summed E-state index contributed by atoms with van der Waals surface area (Å²) in [6, 6.07) is 62.9. The minimum atomic E-state index is 0.0709. The topological polar surface area (TPSA) is 41.0 Å². The maximum absolute atomic E-state index is 3.84. The van der Waals surface area contributed by atoms with Crippen LogP contribution in [0.1, 0.15) is 23.2 Å². The highest BCUT2D eigenvalue weighted by Crippen LogP contribution is 2.43. The summed E-state index contributed by atoms with van der Waals surface area (Å²) in [7, 11) is 0. The van der Waals surface area contributed by atoms with Crippen molar-refractivity contribution in [2.45, 2.75) is 12.1 Å². The van der Waals surface area contributed by atoms with Gasteiger partial charge >= 0.3 is 0 Å². The van der Waals surface area contributed by atoms with E-state index in [0.717, 1.165) is 28.4 Å². The van der Waals surface area contributed by atoms with E-state index in [1.54, 1.807) is 0 Å². The number of rotatable bonds is 6. The number of hydrogen-bond acceptors (Lipinski definition) is 3. The average Bonchev–Trinajstić information content (AvgIpc) is 3.49. The van der Waals surface area contributed by atoms with E-state index in [0.29, 0.717) is 0 Å². The van der Waals surface area contributed by atoms with Crippen LogP contribution in [0, 0.1) is 0 Å². The van der Waals surface area contributed by atoms with Crippen LogP contribution in [0.15, 0.2) is 176 Å². The molecule has 0 spiro atoms. The van der Waals surface area contributed by atoms with Crippen molar-refractivity contribution in [1.82, 2.24) is 4.57 Å². The highest BCUT2D eigenvalue weighted by atomic mass is 15.1. The molecule has 1 aliphatic rings. The molecule has 1 aliphatic heterocycles. The Bertz CT molecular complexity index is 2380. The van der Waals surface area contributed by atoms with Gasteiger partial charge in [-0.25, -0.2) is 0 Å². The number of nitrogens with one attached hydrogen (secondary N) is 3. The minimum absolute atomic E-state index is 0.0709. The first-order chi connectivity index (χ1) is 23.8. The fourth-order valence-corrected chi connectivity index (χ4v) is 7.22. The third-order valence-corrected chi connectivity index (χ3v) is 9.51. The third kappa shape index (κ3) is 4.95. The van der Waals surface area contributed by atoms with Crippen LogP contribution in [0.25, 0.3) is 38.6 Å². The number of aromatic nitrogens is 1. The van der Waals surface area contributed by atoms with Gasteiger partial charge in [-0.1, -0.05) is 115 Å². The van der Waals surface area contributed by atoms with E-state index in [9.17, 15) is 0 Å². The zero-order chi connectivity index (χ0) is 31.9. The van der Waals surface area contributed by atoms with E-state index in [1.807, 2.05) is 6.07 Å². The zero-order valence-electron chi connectivity index (χ0n) is 26.3. The second kappa shape index (κ2) is 11.8. The lowest BCUT2D eigenvalue weighted by Crippen LogP contribution is -2.30. The smallest absolute Gasteiger partial charge is 0.0758 e. The van der Waals surface area contributed by atoms with Crippen molar-refractivity contribution in [1.29, 1.82) is 0 Å². The van der Waals surface area contributed by atoms with Crippen LogP contribution in [0.3, 0.4) is 0 Å². The summed E-state index contributed by atoms with van der Waals surface area (Å²) in [4.78, 5) is 0. The molecule has 0 amide bonds. The second-order valence-electron chi connectivity index (χ2n) is 12.4. The van der Waals surface area contributed by atoms with Gasteiger partial charge in [-0.2, -0.15) is 0 Å². The zero-order valence-corrected chi connectivity index (χ0v) is 26.3. The number of fused-ring (bicyclic) bond motifs is 4. The van der Waals surface area contributed by atoms with Crippen molar-refractivity contribution >= 4 is 44.6 Å². The fourth-order valence-electron chi connectivity index (χ4n) is 7.22. The van der Waals surface area contributed by atoms with E-state index < -0.39 is 0 Å². The van der Waals surface area contributed by atoms with Gasteiger partial charge in [-0.3, -0.25) is 0 Å². The lowest BCUT2D eigenvalue weighted by Gasteiger charge is -2.37. The molecule has 2 heterocycles. The summed E-state index contributed by atoms with van der Waals surface area (Å²) in [5.41, 5.74) is 12.8. The summed E-state index contributed by atoms with van der Waals surface area (Å²) in [5.74, 6) is 0. The summed E-state index contributed by atoms with van der Waals surface area (Å²) >= 11 is 0. The Balaban J connectivity index is 1.11. The van der Waals surface area contributed by atoms with Gasteiger partial charge in [0, 0.05) is 33.4 Å². The SMILES string of the molecule is c1ccc(Nc2ccccc2-c2ccc3c(c2)c2ccccc2n3-c2ccc(C3Nc4ccccc4NC3c3ccccc3)cc2)cc1. The Morgan fingerprint density at radius 3 is 1.79 bits per heavy atom. The molecular formula is C44H34N4. The maximum Gasteiger partial charge on any atom is 0.0758 e. The van der Waals surface area contributed by atoms with Crippen molar-refractivity contribution < 1.29 is 0 Å². The predicted octanol–water partition coefficient (Wildman–Crippen LogP) is 11.5. The van der Waals surface area contributed by atoms with E-state index in [4.69, 9.17) is 0 Å². The Labute approximate surface area is 280 Å². The highest BCUT2D eigenvalue weighted by molar-refractivity contribution is 6.10. The van der Waals surface area contributed by atoms with Crippen LogP contribution in [0.4, 0.5) is 22.7 Å². The normalized spacial score (nSPS) is 15.4. The molecule has 3 N–H and O–H groups in total. The predicted molar refractivity (Wildman–Crippen MR) is 202 cm³/mol. The second-order valence-corrected chi connectivity index (χ2v) is 12.4. The first-order valence-electron chi connectivity index (χ1n) is 16.5. The van der Waals surface area contributed by atoms with Crippen molar-refractivity contribution in [3.8, 4) is 16.8 Å². The standard InChI is InChI=1S/C44H34N4/c1-3-13-30(14-4-1)43-44(47-40-21-11-10-20-39(40)46-43)31-23-26-34(27-24-31)48-41-22-12-8-18-36(41)37-29-32(25-28-42(37)48)35-17-7-9-19-38(35)45-33-15-5-2-6-16-33/h1-29,43-47H. The largest absolute Gasteiger partial charge is 0.374 e. The molecule has 0 saturated heterocycles. The average molecular weight is 619 g/mol. The molecule has 4 nitrogen and oxygen atoms in total. The molecule has 7 aromatic carbocycles. The highest BCUT2D eigenvalue weighted by Gasteiger charge is 2.30. The van der Waals surface area contributed by atoms with Gasteiger partial charge in [0.15, 0.2) is 0 Å². The molecule has 8 aromatic rings. The van der Waals surface area contributed by atoms with Crippen LogP contribution in [-0.2, 0) is 0 Å². The molecule has 4 heteroatoms. The number of benzene rings is 7. The van der Waals surface area contributed by atoms with Crippen LogP contribution >= 0.6 is 0 Å². The molecule has 48 heavy (non-hydrogen) atoms. The Kier molecular flexibility index (Phi) is 6.90. The molecular weight excluding hydrogens is 585 g/mol. The third-order valence-electron chi connectivity index (χ3n) is 9.51. The fraction of sp³-hybridized carbons (Fsp3) is 0.0455. The molecule has 9 rings (SSSR count). The molecule has 0 bridgehead atoms. The van der Waals surface area contributed by atoms with Crippen molar-refractivity contribution in [2.24, 2.45) is 0 Å². The Morgan fingerprint density at radius 1 is 0.458 bits per heavy atom. The molecule has 2 atom stereocenters. The lowest BCUT2D eigenvalue weighted by molar-refractivity contribution is 0.636. The first kappa shape index (κ1) is 28.0. The van der Waals surface area contributed by atoms with Gasteiger partial charge in [0.05, 0.1) is 34.5 Å². The minimum Gasteiger partial charge on any atom is -0.374 e. The van der Waals surface area contributed by atoms with Gasteiger partial charge in [-0.15, -0.1) is 0 Å². The monoisotopic (exact) mass is 618 g/mol. The first-order valence-corrected chi connectivity index (χ1v) is 16.5. The van der Waals surface area contributed by atoms with E-state index in [1.165, 1.54) is 44.1 Å². The molecule has 230 valence electrons. The van der Waals surface area contributed by atoms with Crippen molar-refractivity contribution in [3.63, 3.8) is 0 Å². The van der Waals surface area contributed by atoms with E-state index in [-0.39, 0.29) is 12.1 Å². The van der Waals surface area contributed by atoms with Gasteiger partial charge in [0.1, 0.15) is 0 Å². The summed E-state index contributed by atoms with van der Waals surface area (Å²) in [6.07, 6.45) is 0. The molecule has 2 unspecified atom stereocenters. The molecule has 0 radical (unpaired) electrons. The Hall–Kier alpha value is -6.26. The summed E-state index contributed by atoms with van der Waals surface area (Å²) in [5, 5.41) is 13.8. The maximum atomic E-state index is 3.84. The van der Waals surface area contributed by atoms with E-state index in [2.05, 4.69) is 190 Å². The van der Waals surface area contributed by atoms with E-state index >= 15 is 0 Å². The van der Waals surface area contributed by atoms with Gasteiger partial charge < -0.3 is 20.5 Å². The summed E-state index contributed by atoms with van der Waals surface area (Å²) in [6.45, 7) is 0. The van der Waals surface area contributed by atoms with Crippen LogP contribution in [-0.4, -0.2) is 4.57 Å². The van der Waals surface area contributed by atoms with Crippen LogP contribution in [0.5, 0.6) is 0 Å². The van der Waals surface area contributed by atoms with Crippen LogP contribution in [0.2, 0.25) is 0 Å². The van der Waals surface area contributed by atoms with Crippen molar-refractivity contribution in [3.05, 3.63) is 187 Å². The summed E-state index contributed by atoms with van der Waals surface area (Å²) < 4.78 is 2.39.